The van der Waals surface area contributed by atoms with Gasteiger partial charge in [-0.15, -0.1) is 0 Å². The number of rotatable bonds is 5. The number of carbonyl (C=O) groups excluding carboxylic acids is 1. The van der Waals surface area contributed by atoms with E-state index in [1.807, 2.05) is 28.9 Å². The van der Waals surface area contributed by atoms with E-state index in [9.17, 15) is 4.79 Å². The Kier molecular flexibility index (Phi) is 3.13. The highest BCUT2D eigenvalue weighted by molar-refractivity contribution is 5.94. The number of aromatic nitrogens is 2. The number of anilines is 1. The molecule has 2 aliphatic carbocycles. The number of ether oxygens (including phenoxy) is 1. The van der Waals surface area contributed by atoms with Crippen LogP contribution >= 0.6 is 0 Å². The van der Waals surface area contributed by atoms with Gasteiger partial charge in [-0.05, 0) is 42.9 Å². The summed E-state index contributed by atoms with van der Waals surface area (Å²) in [7, 11) is 1.66. The molecular formula is C17H19N3O2. The minimum Gasteiger partial charge on any atom is -0.497 e. The molecule has 2 saturated carbocycles. The molecule has 1 amide bonds. The van der Waals surface area contributed by atoms with Gasteiger partial charge in [0.2, 0.25) is 5.91 Å². The number of amides is 1. The zero-order valence-electron chi connectivity index (χ0n) is 12.5. The van der Waals surface area contributed by atoms with E-state index in [-0.39, 0.29) is 11.8 Å². The Balaban J connectivity index is 1.43. The zero-order chi connectivity index (χ0) is 15.1. The number of benzene rings is 1. The Morgan fingerprint density at radius 3 is 3.00 bits per heavy atom. The van der Waals surface area contributed by atoms with E-state index in [1.165, 1.54) is 5.56 Å². The van der Waals surface area contributed by atoms with Crippen LogP contribution in [0.2, 0.25) is 0 Å². The predicted molar refractivity (Wildman–Crippen MR) is 83.0 cm³/mol. The van der Waals surface area contributed by atoms with E-state index in [0.29, 0.717) is 12.0 Å². The van der Waals surface area contributed by atoms with Crippen molar-refractivity contribution in [1.82, 2.24) is 9.78 Å². The van der Waals surface area contributed by atoms with Crippen molar-refractivity contribution in [3.63, 3.8) is 0 Å². The number of methoxy groups -OCH3 is 1. The first-order chi connectivity index (χ1) is 10.8. The van der Waals surface area contributed by atoms with Crippen molar-refractivity contribution in [2.75, 3.05) is 12.4 Å². The van der Waals surface area contributed by atoms with Gasteiger partial charge in [-0.3, -0.25) is 4.79 Å². The lowest BCUT2D eigenvalue weighted by Gasteiger charge is -2.08. The van der Waals surface area contributed by atoms with Gasteiger partial charge in [-0.25, -0.2) is 4.68 Å². The summed E-state index contributed by atoms with van der Waals surface area (Å²) in [6.07, 6.45) is 4.96. The molecular weight excluding hydrogens is 278 g/mol. The SMILES string of the molecule is COc1cccc([C@@H]2C[C@H]2C(=O)Nc2ccnn2C2CC2)c1. The Hall–Kier alpha value is -2.30. The van der Waals surface area contributed by atoms with E-state index in [1.54, 1.807) is 13.3 Å². The highest BCUT2D eigenvalue weighted by Crippen LogP contribution is 2.48. The highest BCUT2D eigenvalue weighted by atomic mass is 16.5. The van der Waals surface area contributed by atoms with E-state index in [0.717, 1.165) is 30.8 Å². The summed E-state index contributed by atoms with van der Waals surface area (Å²) in [4.78, 5) is 12.4. The molecule has 2 aliphatic rings. The molecule has 0 unspecified atom stereocenters. The van der Waals surface area contributed by atoms with Gasteiger partial charge in [0.1, 0.15) is 11.6 Å². The maximum atomic E-state index is 12.4. The van der Waals surface area contributed by atoms with Crippen molar-refractivity contribution < 1.29 is 9.53 Å². The number of carbonyl (C=O) groups is 1. The van der Waals surface area contributed by atoms with Crippen molar-refractivity contribution in [3.05, 3.63) is 42.1 Å². The van der Waals surface area contributed by atoms with Gasteiger partial charge in [0, 0.05) is 12.0 Å². The summed E-state index contributed by atoms with van der Waals surface area (Å²) in [5.74, 6) is 2.11. The lowest BCUT2D eigenvalue weighted by atomic mass is 10.1. The molecule has 0 radical (unpaired) electrons. The average molecular weight is 297 g/mol. The molecule has 0 bridgehead atoms. The maximum absolute atomic E-state index is 12.4. The van der Waals surface area contributed by atoms with Gasteiger partial charge in [-0.2, -0.15) is 5.10 Å². The molecule has 0 saturated heterocycles. The van der Waals surface area contributed by atoms with Gasteiger partial charge < -0.3 is 10.1 Å². The maximum Gasteiger partial charge on any atom is 0.229 e. The van der Waals surface area contributed by atoms with Crippen molar-refractivity contribution in [2.24, 2.45) is 5.92 Å². The second kappa shape index (κ2) is 5.16. The summed E-state index contributed by atoms with van der Waals surface area (Å²) < 4.78 is 7.18. The standard InChI is InChI=1S/C17H19N3O2/c1-22-13-4-2-3-11(9-13)14-10-15(14)17(21)19-16-7-8-18-20(16)12-5-6-12/h2-4,7-9,12,14-15H,5-6,10H2,1H3,(H,19,21)/t14-,15+/m0/s1. The Morgan fingerprint density at radius 1 is 1.36 bits per heavy atom. The summed E-state index contributed by atoms with van der Waals surface area (Å²) in [5.41, 5.74) is 1.18. The van der Waals surface area contributed by atoms with E-state index in [4.69, 9.17) is 4.74 Å². The molecule has 5 heteroatoms. The van der Waals surface area contributed by atoms with Crippen LogP contribution in [-0.4, -0.2) is 22.8 Å². The lowest BCUT2D eigenvalue weighted by Crippen LogP contribution is -2.17. The van der Waals surface area contributed by atoms with Gasteiger partial charge in [0.25, 0.3) is 0 Å². The van der Waals surface area contributed by atoms with Crippen LogP contribution in [0.15, 0.2) is 36.5 Å². The molecule has 4 rings (SSSR count). The van der Waals surface area contributed by atoms with Gasteiger partial charge in [0.05, 0.1) is 19.3 Å². The van der Waals surface area contributed by atoms with Crippen molar-refractivity contribution >= 4 is 11.7 Å². The molecule has 0 spiro atoms. The first-order valence-electron chi connectivity index (χ1n) is 7.74. The van der Waals surface area contributed by atoms with Crippen LogP contribution < -0.4 is 10.1 Å². The van der Waals surface area contributed by atoms with Crippen LogP contribution in [-0.2, 0) is 4.79 Å². The molecule has 1 heterocycles. The van der Waals surface area contributed by atoms with Crippen molar-refractivity contribution in [3.8, 4) is 5.75 Å². The highest BCUT2D eigenvalue weighted by Gasteiger charge is 2.44. The van der Waals surface area contributed by atoms with E-state index >= 15 is 0 Å². The largest absolute Gasteiger partial charge is 0.497 e. The minimum absolute atomic E-state index is 0.0506. The zero-order valence-corrected chi connectivity index (χ0v) is 12.5. The molecule has 1 aromatic carbocycles. The molecule has 114 valence electrons. The lowest BCUT2D eigenvalue weighted by molar-refractivity contribution is -0.117. The minimum atomic E-state index is 0.0506. The number of nitrogens with one attached hydrogen (secondary N) is 1. The normalized spacial score (nSPS) is 23.1. The first-order valence-corrected chi connectivity index (χ1v) is 7.74. The van der Waals surface area contributed by atoms with Crippen LogP contribution in [0.25, 0.3) is 0 Å². The molecule has 22 heavy (non-hydrogen) atoms. The second-order valence-corrected chi connectivity index (χ2v) is 6.11. The van der Waals surface area contributed by atoms with E-state index < -0.39 is 0 Å². The summed E-state index contributed by atoms with van der Waals surface area (Å²) >= 11 is 0. The van der Waals surface area contributed by atoms with E-state index in [2.05, 4.69) is 16.5 Å². The quantitative estimate of drug-likeness (QED) is 0.923. The molecule has 0 aliphatic heterocycles. The monoisotopic (exact) mass is 297 g/mol. The van der Waals surface area contributed by atoms with Crippen LogP contribution in [0.4, 0.5) is 5.82 Å². The van der Waals surface area contributed by atoms with Crippen molar-refractivity contribution in [2.45, 2.75) is 31.2 Å². The third-order valence-electron chi connectivity index (χ3n) is 4.46. The summed E-state index contributed by atoms with van der Waals surface area (Å²) in [6.45, 7) is 0. The third kappa shape index (κ3) is 2.47. The summed E-state index contributed by atoms with van der Waals surface area (Å²) in [6, 6.07) is 10.3. The Bertz CT molecular complexity index is 705. The van der Waals surface area contributed by atoms with Crippen LogP contribution in [0.1, 0.15) is 36.8 Å². The van der Waals surface area contributed by atoms with Crippen molar-refractivity contribution in [1.29, 1.82) is 0 Å². The smallest absolute Gasteiger partial charge is 0.229 e. The topological polar surface area (TPSA) is 56.1 Å². The van der Waals surface area contributed by atoms with Gasteiger partial charge in [0.15, 0.2) is 0 Å². The first kappa shape index (κ1) is 13.4. The molecule has 5 nitrogen and oxygen atoms in total. The Morgan fingerprint density at radius 2 is 2.23 bits per heavy atom. The molecule has 1 aromatic heterocycles. The molecule has 2 aromatic rings. The fourth-order valence-corrected chi connectivity index (χ4v) is 2.97. The fraction of sp³-hybridized carbons (Fsp3) is 0.412. The summed E-state index contributed by atoms with van der Waals surface area (Å²) in [5, 5.41) is 7.33. The fourth-order valence-electron chi connectivity index (χ4n) is 2.97. The average Bonchev–Trinajstić information content (AvgIpc) is 3.46. The number of hydrogen-bond donors (Lipinski definition) is 1. The molecule has 1 N–H and O–H groups in total. The molecule has 2 atom stereocenters. The Labute approximate surface area is 129 Å². The second-order valence-electron chi connectivity index (χ2n) is 6.11. The number of hydrogen-bond acceptors (Lipinski definition) is 3. The van der Waals surface area contributed by atoms with Gasteiger partial charge in [-0.1, -0.05) is 12.1 Å². The van der Waals surface area contributed by atoms with Crippen LogP contribution in [0.3, 0.4) is 0 Å². The third-order valence-corrected chi connectivity index (χ3v) is 4.46. The van der Waals surface area contributed by atoms with Crippen LogP contribution in [0.5, 0.6) is 5.75 Å². The number of nitrogens with zero attached hydrogens (tertiary/aromatic N) is 2. The van der Waals surface area contributed by atoms with Gasteiger partial charge >= 0.3 is 0 Å². The molecule has 2 fully saturated rings. The predicted octanol–water partition coefficient (Wildman–Crippen LogP) is 2.97. The van der Waals surface area contributed by atoms with Crippen LogP contribution in [0, 0.1) is 5.92 Å².